The van der Waals surface area contributed by atoms with Crippen molar-refractivity contribution in [3.63, 3.8) is 0 Å². The zero-order chi connectivity index (χ0) is 23.3. The van der Waals surface area contributed by atoms with Gasteiger partial charge in [0.15, 0.2) is 0 Å². The van der Waals surface area contributed by atoms with Gasteiger partial charge in [0.25, 0.3) is 0 Å². The summed E-state index contributed by atoms with van der Waals surface area (Å²) in [5, 5.41) is 10.5. The van der Waals surface area contributed by atoms with E-state index in [0.717, 1.165) is 37.7 Å². The van der Waals surface area contributed by atoms with Gasteiger partial charge in [-0.05, 0) is 110 Å². The van der Waals surface area contributed by atoms with E-state index in [1.165, 1.54) is 32.8 Å². The Morgan fingerprint density at radius 1 is 1.12 bits per heavy atom. The maximum Gasteiger partial charge on any atom is 0.305 e. The Bertz CT molecular complexity index is 769. The van der Waals surface area contributed by atoms with Crippen LogP contribution in [0.3, 0.4) is 0 Å². The van der Waals surface area contributed by atoms with Crippen LogP contribution < -0.4 is 0 Å². The Kier molecular flexibility index (Phi) is 6.69. The van der Waals surface area contributed by atoms with Crippen LogP contribution in [-0.2, 0) is 14.3 Å². The van der Waals surface area contributed by atoms with E-state index in [4.69, 9.17) is 4.74 Å². The third-order valence-corrected chi connectivity index (χ3v) is 11.1. The predicted octanol–water partition coefficient (Wildman–Crippen LogP) is 5.60. The number of aliphatic hydroxyl groups excluding tert-OH is 1. The summed E-state index contributed by atoms with van der Waals surface area (Å²) >= 11 is 0. The third-order valence-electron chi connectivity index (χ3n) is 11.1. The van der Waals surface area contributed by atoms with Crippen molar-refractivity contribution in [2.45, 2.75) is 98.0 Å². The number of fused-ring (bicyclic) bond motifs is 5. The van der Waals surface area contributed by atoms with E-state index in [0.29, 0.717) is 41.9 Å². The van der Waals surface area contributed by atoms with Crippen LogP contribution in [0.5, 0.6) is 0 Å². The predicted molar refractivity (Wildman–Crippen MR) is 125 cm³/mol. The highest BCUT2D eigenvalue weighted by atomic mass is 16.5. The smallest absolute Gasteiger partial charge is 0.305 e. The van der Waals surface area contributed by atoms with Gasteiger partial charge >= 0.3 is 5.97 Å². The molecular weight excluding hydrogens is 400 g/mol. The number of hydrogen-bond acceptors (Lipinski definition) is 4. The van der Waals surface area contributed by atoms with Crippen molar-refractivity contribution in [3.8, 4) is 0 Å². The summed E-state index contributed by atoms with van der Waals surface area (Å²) < 4.78 is 4.88. The van der Waals surface area contributed by atoms with E-state index in [9.17, 15) is 14.7 Å². The minimum Gasteiger partial charge on any atom is -0.469 e. The van der Waals surface area contributed by atoms with Crippen LogP contribution in [0.25, 0.3) is 0 Å². The van der Waals surface area contributed by atoms with Gasteiger partial charge in [-0.15, -0.1) is 0 Å². The highest BCUT2D eigenvalue weighted by molar-refractivity contribution is 5.69. The Labute approximate surface area is 194 Å². The lowest BCUT2D eigenvalue weighted by Gasteiger charge is -2.63. The number of esters is 1. The number of aliphatic hydroxyl groups is 1. The lowest BCUT2D eigenvalue weighted by molar-refractivity contribution is -0.141. The molecule has 32 heavy (non-hydrogen) atoms. The quantitative estimate of drug-likeness (QED) is 0.443. The van der Waals surface area contributed by atoms with Crippen LogP contribution in [0.2, 0.25) is 0 Å². The molecule has 4 saturated carbocycles. The SMILES string of the molecule is CC[C@@H]1C(=C=O)C2C(CC[C@@]3(C)[C@@H]2CC[C@@H]3[C@H](C)CCC(=O)OC)[C@@]2(C)CC[C@@H](O)C[C@@H]12. The fourth-order valence-corrected chi connectivity index (χ4v) is 9.48. The number of carbonyl (C=O) groups excluding carboxylic acids is 2. The second-order valence-electron chi connectivity index (χ2n) is 12.2. The standard InChI is InChI=1S/C28H44O4/c1-6-19-20(16-29)26-22-9-8-21(17(2)7-10-25(31)32-5)27(22,3)14-12-23(26)28(4)13-11-18(30)15-24(19)28/h17-19,21-24,26,30H,6-15H2,1-5H3/t17-,18-,19-,21-,22-,23?,24+,26?,27-,28-/m1/s1. The molecule has 4 heteroatoms. The molecule has 0 bridgehead atoms. The first-order chi connectivity index (χ1) is 15.2. The van der Waals surface area contributed by atoms with E-state index in [2.05, 4.69) is 33.6 Å². The number of allylic oxidation sites excluding steroid dienone is 1. The van der Waals surface area contributed by atoms with Crippen LogP contribution in [0.4, 0.5) is 0 Å². The molecule has 2 unspecified atom stereocenters. The molecule has 4 nitrogen and oxygen atoms in total. The Balaban J connectivity index is 1.64. The van der Waals surface area contributed by atoms with Gasteiger partial charge in [-0.2, -0.15) is 0 Å². The van der Waals surface area contributed by atoms with Gasteiger partial charge < -0.3 is 9.84 Å². The largest absolute Gasteiger partial charge is 0.469 e. The number of methoxy groups -OCH3 is 1. The highest BCUT2D eigenvalue weighted by Crippen LogP contribution is 2.70. The first-order valence-electron chi connectivity index (χ1n) is 13.2. The van der Waals surface area contributed by atoms with E-state index >= 15 is 0 Å². The zero-order valence-corrected chi connectivity index (χ0v) is 20.9. The van der Waals surface area contributed by atoms with Crippen molar-refractivity contribution in [1.29, 1.82) is 0 Å². The van der Waals surface area contributed by atoms with E-state index < -0.39 is 0 Å². The minimum absolute atomic E-state index is 0.108. The van der Waals surface area contributed by atoms with Gasteiger partial charge in [0.05, 0.1) is 13.2 Å². The van der Waals surface area contributed by atoms with Crippen LogP contribution in [0.1, 0.15) is 91.9 Å². The van der Waals surface area contributed by atoms with Crippen molar-refractivity contribution in [2.24, 2.45) is 52.3 Å². The van der Waals surface area contributed by atoms with Gasteiger partial charge in [0.1, 0.15) is 5.94 Å². The van der Waals surface area contributed by atoms with Crippen LogP contribution in [0, 0.1) is 52.3 Å². The minimum atomic E-state index is -0.216. The Morgan fingerprint density at radius 3 is 2.47 bits per heavy atom. The van der Waals surface area contributed by atoms with Crippen LogP contribution in [-0.4, -0.2) is 30.2 Å². The maximum atomic E-state index is 12.5. The highest BCUT2D eigenvalue weighted by Gasteiger charge is 2.64. The van der Waals surface area contributed by atoms with Crippen molar-refractivity contribution >= 4 is 11.9 Å². The lowest BCUT2D eigenvalue weighted by Crippen LogP contribution is -2.57. The number of carbonyl (C=O) groups is 1. The maximum absolute atomic E-state index is 12.5. The molecule has 4 aliphatic rings. The first kappa shape index (κ1) is 24.0. The topological polar surface area (TPSA) is 63.6 Å². The molecule has 4 fully saturated rings. The molecule has 4 aliphatic carbocycles. The van der Waals surface area contributed by atoms with Gasteiger partial charge in [0, 0.05) is 12.0 Å². The fourth-order valence-electron chi connectivity index (χ4n) is 9.48. The van der Waals surface area contributed by atoms with Crippen LogP contribution >= 0.6 is 0 Å². The molecule has 0 aromatic rings. The zero-order valence-electron chi connectivity index (χ0n) is 20.9. The first-order valence-corrected chi connectivity index (χ1v) is 13.2. The Morgan fingerprint density at radius 2 is 1.81 bits per heavy atom. The second-order valence-corrected chi connectivity index (χ2v) is 12.2. The molecular formula is C28H44O4. The van der Waals surface area contributed by atoms with E-state index in [1.807, 2.05) is 0 Å². The monoisotopic (exact) mass is 444 g/mol. The normalized spacial score (nSPS) is 46.4. The molecule has 10 atom stereocenters. The third kappa shape index (κ3) is 3.61. The molecule has 180 valence electrons. The van der Waals surface area contributed by atoms with Gasteiger partial charge in [0.2, 0.25) is 0 Å². The lowest BCUT2D eigenvalue weighted by atomic mass is 9.41. The molecule has 0 spiro atoms. The van der Waals surface area contributed by atoms with Crippen molar-refractivity contribution in [3.05, 3.63) is 5.57 Å². The van der Waals surface area contributed by atoms with Gasteiger partial charge in [-0.3, -0.25) is 4.79 Å². The molecule has 0 aromatic carbocycles. The van der Waals surface area contributed by atoms with E-state index in [1.54, 1.807) is 0 Å². The summed E-state index contributed by atoms with van der Waals surface area (Å²) in [5.41, 5.74) is 1.52. The molecule has 0 radical (unpaired) electrons. The summed E-state index contributed by atoms with van der Waals surface area (Å²) in [6.07, 6.45) is 9.79. The summed E-state index contributed by atoms with van der Waals surface area (Å²) in [7, 11) is 1.47. The fraction of sp³-hybridized carbons (Fsp3) is 0.893. The van der Waals surface area contributed by atoms with Crippen molar-refractivity contribution in [2.75, 3.05) is 7.11 Å². The molecule has 4 rings (SSSR count). The molecule has 0 amide bonds. The molecule has 0 aromatic heterocycles. The van der Waals surface area contributed by atoms with Gasteiger partial charge in [-0.1, -0.05) is 27.7 Å². The average molecular weight is 445 g/mol. The van der Waals surface area contributed by atoms with Crippen molar-refractivity contribution < 1.29 is 19.4 Å². The summed E-state index contributed by atoms with van der Waals surface area (Å²) in [6, 6.07) is 0. The van der Waals surface area contributed by atoms with Crippen molar-refractivity contribution in [1.82, 2.24) is 0 Å². The number of hydrogen-bond donors (Lipinski definition) is 1. The van der Waals surface area contributed by atoms with Crippen LogP contribution in [0.15, 0.2) is 5.57 Å². The summed E-state index contributed by atoms with van der Waals surface area (Å²) in [6.45, 7) is 9.51. The van der Waals surface area contributed by atoms with E-state index in [-0.39, 0.29) is 28.8 Å². The average Bonchev–Trinajstić information content (AvgIpc) is 3.14. The second kappa shape index (κ2) is 8.91. The molecule has 0 aliphatic heterocycles. The number of ether oxygens (including phenoxy) is 1. The summed E-state index contributed by atoms with van der Waals surface area (Å²) in [5.74, 6) is 5.62. The molecule has 1 N–H and O–H groups in total. The van der Waals surface area contributed by atoms with Gasteiger partial charge in [-0.25, -0.2) is 4.79 Å². The number of rotatable bonds is 5. The Hall–Kier alpha value is -1.12. The summed E-state index contributed by atoms with van der Waals surface area (Å²) in [4.78, 5) is 24.2. The molecule has 0 saturated heterocycles. The molecule has 0 heterocycles.